The summed E-state index contributed by atoms with van der Waals surface area (Å²) in [4.78, 5) is 12.7. The SMILES string of the molecule is O=C(Nc1cccc2c1OCC[C@H]2O)c1n[nH]nc1-c1ccccc1. The summed E-state index contributed by atoms with van der Waals surface area (Å²) in [6.07, 6.45) is -0.0567. The molecular weight excluding hydrogens is 320 g/mol. The lowest BCUT2D eigenvalue weighted by Crippen LogP contribution is -2.18. The number of H-pyrrole nitrogens is 1. The van der Waals surface area contributed by atoms with Crippen LogP contribution in [0, 0.1) is 0 Å². The molecule has 1 atom stereocenters. The number of aliphatic hydroxyl groups is 1. The summed E-state index contributed by atoms with van der Waals surface area (Å²) >= 11 is 0. The van der Waals surface area contributed by atoms with Crippen molar-refractivity contribution >= 4 is 11.6 Å². The Morgan fingerprint density at radius 3 is 2.84 bits per heavy atom. The molecule has 0 spiro atoms. The van der Waals surface area contributed by atoms with E-state index in [4.69, 9.17) is 4.74 Å². The maximum Gasteiger partial charge on any atom is 0.278 e. The number of aromatic nitrogens is 3. The number of carbonyl (C=O) groups is 1. The molecule has 2 aromatic carbocycles. The number of hydrogen-bond acceptors (Lipinski definition) is 5. The number of aliphatic hydroxyl groups excluding tert-OH is 1. The van der Waals surface area contributed by atoms with Crippen LogP contribution >= 0.6 is 0 Å². The van der Waals surface area contributed by atoms with Crippen LogP contribution < -0.4 is 10.1 Å². The molecule has 1 aliphatic heterocycles. The Morgan fingerprint density at radius 1 is 1.16 bits per heavy atom. The summed E-state index contributed by atoms with van der Waals surface area (Å²) in [6.45, 7) is 0.403. The van der Waals surface area contributed by atoms with Crippen LogP contribution in [-0.4, -0.2) is 33.0 Å². The lowest BCUT2D eigenvalue weighted by molar-refractivity contribution is 0.101. The Bertz CT molecular complexity index is 908. The molecule has 7 nitrogen and oxygen atoms in total. The van der Waals surface area contributed by atoms with Crippen molar-refractivity contribution in [3.05, 3.63) is 59.8 Å². The van der Waals surface area contributed by atoms with Crippen molar-refractivity contribution in [3.8, 4) is 17.0 Å². The van der Waals surface area contributed by atoms with Gasteiger partial charge in [-0.3, -0.25) is 4.79 Å². The second-order valence-electron chi connectivity index (χ2n) is 5.72. The third-order valence-corrected chi connectivity index (χ3v) is 4.10. The summed E-state index contributed by atoms with van der Waals surface area (Å²) in [5.74, 6) is 0.101. The number of hydrogen-bond donors (Lipinski definition) is 3. The van der Waals surface area contributed by atoms with Gasteiger partial charge >= 0.3 is 0 Å². The minimum absolute atomic E-state index is 0.195. The zero-order valence-corrected chi connectivity index (χ0v) is 13.3. The molecule has 0 bridgehead atoms. The smallest absolute Gasteiger partial charge is 0.278 e. The minimum atomic E-state index is -0.590. The number of fused-ring (bicyclic) bond motifs is 1. The molecule has 0 saturated heterocycles. The average Bonchev–Trinajstić information content (AvgIpc) is 3.13. The van der Waals surface area contributed by atoms with E-state index in [9.17, 15) is 9.90 Å². The molecule has 1 aliphatic rings. The van der Waals surface area contributed by atoms with Crippen LogP contribution in [0.5, 0.6) is 5.75 Å². The van der Waals surface area contributed by atoms with E-state index in [0.29, 0.717) is 35.7 Å². The molecule has 0 radical (unpaired) electrons. The van der Waals surface area contributed by atoms with Crippen LogP contribution in [0.2, 0.25) is 0 Å². The van der Waals surface area contributed by atoms with E-state index in [-0.39, 0.29) is 5.69 Å². The maximum absolute atomic E-state index is 12.7. The van der Waals surface area contributed by atoms with Crippen molar-refractivity contribution in [2.24, 2.45) is 0 Å². The second-order valence-corrected chi connectivity index (χ2v) is 5.72. The van der Waals surface area contributed by atoms with Gasteiger partial charge in [-0.05, 0) is 6.07 Å². The lowest BCUT2D eigenvalue weighted by atomic mass is 10.0. The van der Waals surface area contributed by atoms with Gasteiger partial charge < -0.3 is 15.2 Å². The van der Waals surface area contributed by atoms with Crippen molar-refractivity contribution in [2.45, 2.75) is 12.5 Å². The first-order valence-corrected chi connectivity index (χ1v) is 7.95. The second kappa shape index (κ2) is 6.37. The highest BCUT2D eigenvalue weighted by Crippen LogP contribution is 2.38. The van der Waals surface area contributed by atoms with Gasteiger partial charge in [-0.1, -0.05) is 42.5 Å². The van der Waals surface area contributed by atoms with Crippen molar-refractivity contribution in [1.82, 2.24) is 15.4 Å². The molecule has 0 unspecified atom stereocenters. The third kappa shape index (κ3) is 2.85. The fraction of sp³-hybridized carbons (Fsp3) is 0.167. The molecule has 2 heterocycles. The number of para-hydroxylation sites is 1. The van der Waals surface area contributed by atoms with Gasteiger partial charge in [-0.2, -0.15) is 15.4 Å². The van der Waals surface area contributed by atoms with Gasteiger partial charge in [0.1, 0.15) is 11.4 Å². The van der Waals surface area contributed by atoms with Crippen LogP contribution in [0.1, 0.15) is 28.6 Å². The molecular formula is C18H16N4O3. The summed E-state index contributed by atoms with van der Waals surface area (Å²) in [6, 6.07) is 14.6. The Hall–Kier alpha value is -3.19. The maximum atomic E-state index is 12.7. The normalized spacial score (nSPS) is 16.0. The van der Waals surface area contributed by atoms with E-state index in [1.165, 1.54) is 0 Å². The standard InChI is InChI=1S/C18H16N4O3/c23-14-9-10-25-17-12(14)7-4-8-13(17)19-18(24)16-15(20-22-21-16)11-5-2-1-3-6-11/h1-8,14,23H,9-10H2,(H,19,24)(H,20,21,22)/t14-/m1/s1. The molecule has 0 aliphatic carbocycles. The van der Waals surface area contributed by atoms with E-state index in [0.717, 1.165) is 5.56 Å². The predicted molar refractivity (Wildman–Crippen MR) is 91.3 cm³/mol. The molecule has 7 heteroatoms. The summed E-state index contributed by atoms with van der Waals surface area (Å²) < 4.78 is 5.64. The van der Waals surface area contributed by atoms with Gasteiger partial charge in [-0.25, -0.2) is 0 Å². The first-order chi connectivity index (χ1) is 12.2. The number of aromatic amines is 1. The number of carbonyl (C=O) groups excluding carboxylic acids is 1. The van der Waals surface area contributed by atoms with Gasteiger partial charge in [0.25, 0.3) is 5.91 Å². The van der Waals surface area contributed by atoms with E-state index in [2.05, 4.69) is 20.7 Å². The molecule has 3 aromatic rings. The summed E-state index contributed by atoms with van der Waals surface area (Å²) in [7, 11) is 0. The van der Waals surface area contributed by atoms with Crippen molar-refractivity contribution < 1.29 is 14.6 Å². The minimum Gasteiger partial charge on any atom is -0.491 e. The third-order valence-electron chi connectivity index (χ3n) is 4.10. The predicted octanol–water partition coefficient (Wildman–Crippen LogP) is 2.54. The zero-order valence-electron chi connectivity index (χ0n) is 13.3. The van der Waals surface area contributed by atoms with Crippen LogP contribution in [-0.2, 0) is 0 Å². The van der Waals surface area contributed by atoms with E-state index < -0.39 is 12.0 Å². The monoisotopic (exact) mass is 336 g/mol. The number of rotatable bonds is 3. The molecule has 1 amide bonds. The highest BCUT2D eigenvalue weighted by Gasteiger charge is 2.24. The van der Waals surface area contributed by atoms with Crippen LogP contribution in [0.4, 0.5) is 5.69 Å². The largest absolute Gasteiger partial charge is 0.491 e. The van der Waals surface area contributed by atoms with Gasteiger partial charge in [0.15, 0.2) is 5.69 Å². The fourth-order valence-corrected chi connectivity index (χ4v) is 2.87. The number of amides is 1. The highest BCUT2D eigenvalue weighted by atomic mass is 16.5. The van der Waals surface area contributed by atoms with E-state index >= 15 is 0 Å². The van der Waals surface area contributed by atoms with Crippen molar-refractivity contribution in [2.75, 3.05) is 11.9 Å². The Balaban J connectivity index is 1.65. The van der Waals surface area contributed by atoms with E-state index in [1.807, 2.05) is 30.3 Å². The number of ether oxygens (including phenoxy) is 1. The van der Waals surface area contributed by atoms with Gasteiger partial charge in [0, 0.05) is 17.5 Å². The fourth-order valence-electron chi connectivity index (χ4n) is 2.87. The van der Waals surface area contributed by atoms with Gasteiger partial charge in [0.05, 0.1) is 18.4 Å². The van der Waals surface area contributed by atoms with Crippen molar-refractivity contribution in [1.29, 1.82) is 0 Å². The molecule has 126 valence electrons. The molecule has 1 aromatic heterocycles. The number of nitrogens with one attached hydrogen (secondary N) is 2. The zero-order chi connectivity index (χ0) is 17.2. The Labute approximate surface area is 143 Å². The quantitative estimate of drug-likeness (QED) is 0.682. The topological polar surface area (TPSA) is 100 Å². The van der Waals surface area contributed by atoms with Gasteiger partial charge in [-0.15, -0.1) is 0 Å². The highest BCUT2D eigenvalue weighted by molar-refractivity contribution is 6.07. The van der Waals surface area contributed by atoms with E-state index in [1.54, 1.807) is 18.2 Å². The number of nitrogens with zero attached hydrogens (tertiary/aromatic N) is 2. The summed E-state index contributed by atoms with van der Waals surface area (Å²) in [5.41, 5.74) is 2.64. The first kappa shape index (κ1) is 15.3. The molecule has 0 saturated carbocycles. The number of anilines is 1. The van der Waals surface area contributed by atoms with Crippen molar-refractivity contribution in [3.63, 3.8) is 0 Å². The Kier molecular flexibility index (Phi) is 3.91. The van der Waals surface area contributed by atoms with Crippen LogP contribution in [0.25, 0.3) is 11.3 Å². The Morgan fingerprint density at radius 2 is 2.00 bits per heavy atom. The molecule has 3 N–H and O–H groups in total. The first-order valence-electron chi connectivity index (χ1n) is 7.95. The lowest BCUT2D eigenvalue weighted by Gasteiger charge is -2.24. The molecule has 25 heavy (non-hydrogen) atoms. The molecule has 0 fully saturated rings. The van der Waals surface area contributed by atoms with Gasteiger partial charge in [0.2, 0.25) is 0 Å². The number of benzene rings is 2. The van der Waals surface area contributed by atoms with Crippen LogP contribution in [0.3, 0.4) is 0 Å². The summed E-state index contributed by atoms with van der Waals surface area (Å²) in [5, 5.41) is 23.4. The van der Waals surface area contributed by atoms with Crippen LogP contribution in [0.15, 0.2) is 48.5 Å². The average molecular weight is 336 g/mol. The molecule has 4 rings (SSSR count).